The topological polar surface area (TPSA) is 12.9 Å². The summed E-state index contributed by atoms with van der Waals surface area (Å²) in [5.41, 5.74) is 0. The minimum atomic E-state index is 1.00. The Bertz CT molecular complexity index is 252. The highest BCUT2D eigenvalue weighted by Crippen LogP contribution is 2.27. The second-order valence-electron chi connectivity index (χ2n) is 1.87. The Morgan fingerprint density at radius 2 is 2.27 bits per heavy atom. The Labute approximate surface area is 87.2 Å². The van der Waals surface area contributed by atoms with E-state index in [9.17, 15) is 0 Å². The molecular formula is C7H7Br2NS. The minimum absolute atomic E-state index is 1.00. The van der Waals surface area contributed by atoms with Crippen molar-refractivity contribution >= 4 is 43.6 Å². The summed E-state index contributed by atoms with van der Waals surface area (Å²) in [5.74, 6) is 1.05. The van der Waals surface area contributed by atoms with E-state index in [4.69, 9.17) is 0 Å². The fourth-order valence-corrected chi connectivity index (χ4v) is 2.57. The molecule has 0 spiro atoms. The monoisotopic (exact) mass is 295 g/mol. The number of halogens is 2. The van der Waals surface area contributed by atoms with Gasteiger partial charge < -0.3 is 0 Å². The molecule has 0 aliphatic carbocycles. The molecule has 0 amide bonds. The number of hydrogen-bond acceptors (Lipinski definition) is 2. The molecule has 0 saturated heterocycles. The lowest BCUT2D eigenvalue weighted by molar-refractivity contribution is 1.10. The van der Waals surface area contributed by atoms with Crippen molar-refractivity contribution in [2.75, 3.05) is 5.75 Å². The van der Waals surface area contributed by atoms with Gasteiger partial charge in [0.05, 0.1) is 4.47 Å². The molecular weight excluding hydrogens is 290 g/mol. The minimum Gasteiger partial charge on any atom is -0.248 e. The van der Waals surface area contributed by atoms with E-state index in [1.54, 1.807) is 11.8 Å². The zero-order chi connectivity index (χ0) is 8.27. The molecule has 0 aromatic carbocycles. The normalized spacial score (nSPS) is 10.1. The van der Waals surface area contributed by atoms with Gasteiger partial charge in [-0.1, -0.05) is 6.92 Å². The molecule has 0 N–H and O–H groups in total. The first-order chi connectivity index (χ1) is 5.24. The smallest absolute Gasteiger partial charge is 0.110 e. The first-order valence-corrected chi connectivity index (χ1v) is 5.75. The average Bonchev–Trinajstić information content (AvgIpc) is 1.95. The summed E-state index contributed by atoms with van der Waals surface area (Å²) >= 11 is 8.51. The molecule has 1 heterocycles. The van der Waals surface area contributed by atoms with Crippen molar-refractivity contribution in [3.63, 3.8) is 0 Å². The Morgan fingerprint density at radius 3 is 2.82 bits per heavy atom. The van der Waals surface area contributed by atoms with Crippen LogP contribution in [-0.2, 0) is 0 Å². The van der Waals surface area contributed by atoms with Crippen molar-refractivity contribution in [3.8, 4) is 0 Å². The fraction of sp³-hybridized carbons (Fsp3) is 0.286. The number of pyridine rings is 1. The van der Waals surface area contributed by atoms with Crippen LogP contribution >= 0.6 is 43.6 Å². The van der Waals surface area contributed by atoms with Gasteiger partial charge in [-0.05, 0) is 43.7 Å². The van der Waals surface area contributed by atoms with Crippen molar-refractivity contribution in [1.82, 2.24) is 4.98 Å². The maximum atomic E-state index is 4.24. The van der Waals surface area contributed by atoms with Crippen LogP contribution < -0.4 is 0 Å². The van der Waals surface area contributed by atoms with Crippen LogP contribution in [0.2, 0.25) is 0 Å². The molecule has 0 unspecified atom stereocenters. The largest absolute Gasteiger partial charge is 0.248 e. The molecule has 0 radical (unpaired) electrons. The molecule has 0 bridgehead atoms. The van der Waals surface area contributed by atoms with Gasteiger partial charge in [0.15, 0.2) is 0 Å². The summed E-state index contributed by atoms with van der Waals surface area (Å²) in [6.07, 6.45) is 1.81. The molecule has 4 heteroatoms. The Morgan fingerprint density at radius 1 is 1.55 bits per heavy atom. The van der Waals surface area contributed by atoms with Crippen molar-refractivity contribution in [2.45, 2.75) is 11.9 Å². The highest BCUT2D eigenvalue weighted by atomic mass is 79.9. The van der Waals surface area contributed by atoms with E-state index in [1.165, 1.54) is 0 Å². The van der Waals surface area contributed by atoms with Gasteiger partial charge in [-0.3, -0.25) is 0 Å². The van der Waals surface area contributed by atoms with Gasteiger partial charge >= 0.3 is 0 Å². The Balaban J connectivity index is 2.90. The number of thioether (sulfide) groups is 1. The molecule has 11 heavy (non-hydrogen) atoms. The van der Waals surface area contributed by atoms with Crippen molar-refractivity contribution in [3.05, 3.63) is 21.2 Å². The summed E-state index contributed by atoms with van der Waals surface area (Å²) in [6, 6.07) is 2.00. The molecule has 0 aliphatic heterocycles. The Hall–Kier alpha value is 0.460. The molecule has 0 saturated carbocycles. The molecule has 1 aromatic rings. The maximum Gasteiger partial charge on any atom is 0.110 e. The summed E-state index contributed by atoms with van der Waals surface area (Å²) in [4.78, 5) is 4.24. The van der Waals surface area contributed by atoms with E-state index in [0.29, 0.717) is 0 Å². The fourth-order valence-electron chi connectivity index (χ4n) is 0.645. The van der Waals surface area contributed by atoms with Gasteiger partial charge in [0.25, 0.3) is 0 Å². The number of nitrogens with zero attached hydrogens (tertiary/aromatic N) is 1. The van der Waals surface area contributed by atoms with Gasteiger partial charge in [0.1, 0.15) is 5.03 Å². The first-order valence-electron chi connectivity index (χ1n) is 3.18. The van der Waals surface area contributed by atoms with Crippen LogP contribution in [-0.4, -0.2) is 10.7 Å². The van der Waals surface area contributed by atoms with Gasteiger partial charge in [-0.15, -0.1) is 11.8 Å². The van der Waals surface area contributed by atoms with Crippen LogP contribution in [0.5, 0.6) is 0 Å². The van der Waals surface area contributed by atoms with Crippen LogP contribution in [0.25, 0.3) is 0 Å². The molecule has 0 fully saturated rings. The lowest BCUT2D eigenvalue weighted by Crippen LogP contribution is -1.81. The van der Waals surface area contributed by atoms with Crippen molar-refractivity contribution in [1.29, 1.82) is 0 Å². The maximum absolute atomic E-state index is 4.24. The highest BCUT2D eigenvalue weighted by Gasteiger charge is 2.00. The van der Waals surface area contributed by atoms with Crippen LogP contribution in [0.4, 0.5) is 0 Å². The number of hydrogen-bond donors (Lipinski definition) is 0. The van der Waals surface area contributed by atoms with Gasteiger partial charge in [0, 0.05) is 10.7 Å². The molecule has 1 nitrogen and oxygen atoms in total. The summed E-state index contributed by atoms with van der Waals surface area (Å²) in [6.45, 7) is 2.11. The molecule has 0 atom stereocenters. The summed E-state index contributed by atoms with van der Waals surface area (Å²) in [7, 11) is 0. The zero-order valence-corrected chi connectivity index (χ0v) is 9.96. The van der Waals surface area contributed by atoms with Crippen LogP contribution in [0.3, 0.4) is 0 Å². The third-order valence-corrected chi connectivity index (χ3v) is 3.24. The third-order valence-electron chi connectivity index (χ3n) is 1.06. The summed E-state index contributed by atoms with van der Waals surface area (Å²) in [5, 5.41) is 1.05. The van der Waals surface area contributed by atoms with E-state index in [2.05, 4.69) is 43.8 Å². The van der Waals surface area contributed by atoms with Gasteiger partial charge in [-0.25, -0.2) is 4.98 Å². The lowest BCUT2D eigenvalue weighted by Gasteiger charge is -2.00. The predicted molar refractivity (Wildman–Crippen MR) is 56.0 cm³/mol. The average molecular weight is 297 g/mol. The second-order valence-corrected chi connectivity index (χ2v) is 4.90. The zero-order valence-electron chi connectivity index (χ0n) is 5.97. The molecule has 0 aliphatic rings. The number of aromatic nitrogens is 1. The van der Waals surface area contributed by atoms with Crippen molar-refractivity contribution < 1.29 is 0 Å². The van der Waals surface area contributed by atoms with E-state index >= 15 is 0 Å². The Kier molecular flexibility index (Phi) is 3.89. The van der Waals surface area contributed by atoms with Crippen molar-refractivity contribution in [2.24, 2.45) is 0 Å². The quantitative estimate of drug-likeness (QED) is 0.772. The van der Waals surface area contributed by atoms with E-state index in [0.717, 1.165) is 19.7 Å². The highest BCUT2D eigenvalue weighted by molar-refractivity contribution is 9.11. The van der Waals surface area contributed by atoms with E-state index < -0.39 is 0 Å². The summed E-state index contributed by atoms with van der Waals surface area (Å²) < 4.78 is 2.06. The second kappa shape index (κ2) is 4.48. The van der Waals surface area contributed by atoms with E-state index in [1.807, 2.05) is 12.3 Å². The molecule has 1 aromatic heterocycles. The predicted octanol–water partition coefficient (Wildman–Crippen LogP) is 3.72. The molecule has 60 valence electrons. The van der Waals surface area contributed by atoms with E-state index in [-0.39, 0.29) is 0 Å². The molecule has 1 rings (SSSR count). The number of rotatable bonds is 2. The van der Waals surface area contributed by atoms with Gasteiger partial charge in [0.2, 0.25) is 0 Å². The third kappa shape index (κ3) is 2.76. The lowest BCUT2D eigenvalue weighted by atomic mass is 10.5. The first kappa shape index (κ1) is 9.55. The van der Waals surface area contributed by atoms with Crippen LogP contribution in [0, 0.1) is 0 Å². The van der Waals surface area contributed by atoms with Crippen LogP contribution in [0.1, 0.15) is 6.92 Å². The SMILES string of the molecule is CCSc1ncc(Br)cc1Br. The standard InChI is InChI=1S/C7H7Br2NS/c1-2-11-7-6(9)3-5(8)4-10-7/h3-4H,2H2,1H3. The van der Waals surface area contributed by atoms with Gasteiger partial charge in [-0.2, -0.15) is 0 Å². The van der Waals surface area contributed by atoms with Crippen LogP contribution in [0.15, 0.2) is 26.2 Å².